The van der Waals surface area contributed by atoms with Crippen LogP contribution in [0.2, 0.25) is 0 Å². The van der Waals surface area contributed by atoms with Gasteiger partial charge in [-0.15, -0.1) is 0 Å². The summed E-state index contributed by atoms with van der Waals surface area (Å²) in [6.45, 7) is 6.72. The fraction of sp³-hybridized carbons (Fsp3) is 0.591. The third-order valence-electron chi connectivity index (χ3n) is 5.42. The lowest BCUT2D eigenvalue weighted by Gasteiger charge is -2.39. The van der Waals surface area contributed by atoms with E-state index in [1.165, 1.54) is 24.4 Å². The summed E-state index contributed by atoms with van der Waals surface area (Å²) in [5.41, 5.74) is 1.14. The number of methoxy groups -OCH3 is 1. The highest BCUT2D eigenvalue weighted by molar-refractivity contribution is 7.09. The van der Waals surface area contributed by atoms with E-state index >= 15 is 0 Å². The van der Waals surface area contributed by atoms with Crippen LogP contribution in [0.25, 0.3) is 0 Å². The van der Waals surface area contributed by atoms with E-state index in [0.717, 1.165) is 54.7 Å². The molecule has 1 saturated heterocycles. The fourth-order valence-corrected chi connectivity index (χ4v) is 4.48. The van der Waals surface area contributed by atoms with Crippen LogP contribution >= 0.6 is 11.5 Å². The predicted molar refractivity (Wildman–Crippen MR) is 118 cm³/mol. The maximum Gasteiger partial charge on any atom is 0.222 e. The molecule has 1 fully saturated rings. The Labute approximate surface area is 178 Å². The molecule has 0 radical (unpaired) electrons. The van der Waals surface area contributed by atoms with E-state index in [1.54, 1.807) is 7.11 Å². The summed E-state index contributed by atoms with van der Waals surface area (Å²) < 4.78 is 9.84. The van der Waals surface area contributed by atoms with Crippen molar-refractivity contribution in [2.45, 2.75) is 58.4 Å². The van der Waals surface area contributed by atoms with Crippen LogP contribution in [0.5, 0.6) is 5.75 Å². The predicted octanol–water partition coefficient (Wildman–Crippen LogP) is 4.15. The van der Waals surface area contributed by atoms with Crippen molar-refractivity contribution in [2.24, 2.45) is 0 Å². The van der Waals surface area contributed by atoms with Gasteiger partial charge in [0.15, 0.2) is 0 Å². The number of anilines is 1. The molecular formula is C22H32N4O2S. The van der Waals surface area contributed by atoms with E-state index in [4.69, 9.17) is 9.72 Å². The van der Waals surface area contributed by atoms with Gasteiger partial charge in [-0.3, -0.25) is 4.79 Å². The SMILES string of the molecule is CCCCCCC(=O)N1CCN(c2nc(Cc3cccc(OC)c3)ns2)C[C@@H]1C. The minimum atomic E-state index is 0.202. The average molecular weight is 417 g/mol. The Hall–Kier alpha value is -2.15. The summed E-state index contributed by atoms with van der Waals surface area (Å²) in [7, 11) is 1.68. The molecule has 7 heteroatoms. The number of amides is 1. The highest BCUT2D eigenvalue weighted by Crippen LogP contribution is 2.23. The van der Waals surface area contributed by atoms with E-state index in [-0.39, 0.29) is 6.04 Å². The Kier molecular flexibility index (Phi) is 7.86. The monoisotopic (exact) mass is 416 g/mol. The average Bonchev–Trinajstić information content (AvgIpc) is 3.19. The Bertz CT molecular complexity index is 795. The van der Waals surface area contributed by atoms with Crippen LogP contribution in [0.4, 0.5) is 5.13 Å². The number of carbonyl (C=O) groups excluding carboxylic acids is 1. The number of hydrogen-bond donors (Lipinski definition) is 0. The van der Waals surface area contributed by atoms with E-state index in [0.29, 0.717) is 18.7 Å². The number of hydrogen-bond acceptors (Lipinski definition) is 6. The number of ether oxygens (including phenoxy) is 1. The normalized spacial score (nSPS) is 16.9. The van der Waals surface area contributed by atoms with Crippen molar-refractivity contribution >= 4 is 22.6 Å². The van der Waals surface area contributed by atoms with Crippen LogP contribution in [0, 0.1) is 0 Å². The number of unbranched alkanes of at least 4 members (excludes halogenated alkanes) is 3. The highest BCUT2D eigenvalue weighted by Gasteiger charge is 2.28. The Morgan fingerprint density at radius 2 is 2.14 bits per heavy atom. The van der Waals surface area contributed by atoms with Gasteiger partial charge in [0.2, 0.25) is 11.0 Å². The fourth-order valence-electron chi connectivity index (χ4n) is 3.76. The quantitative estimate of drug-likeness (QED) is 0.575. The molecule has 0 N–H and O–H groups in total. The smallest absolute Gasteiger partial charge is 0.222 e. The minimum Gasteiger partial charge on any atom is -0.497 e. The second-order valence-corrected chi connectivity index (χ2v) is 8.44. The van der Waals surface area contributed by atoms with Gasteiger partial charge in [0.1, 0.15) is 11.6 Å². The summed E-state index contributed by atoms with van der Waals surface area (Å²) >= 11 is 1.45. The molecule has 29 heavy (non-hydrogen) atoms. The lowest BCUT2D eigenvalue weighted by Crippen LogP contribution is -2.54. The zero-order valence-electron chi connectivity index (χ0n) is 17.8. The number of aromatic nitrogens is 2. The lowest BCUT2D eigenvalue weighted by molar-refractivity contribution is -0.133. The molecule has 1 aromatic heterocycles. The molecule has 2 aromatic rings. The molecule has 1 amide bonds. The number of carbonyl (C=O) groups is 1. The first kappa shape index (κ1) is 21.6. The molecule has 1 aliphatic heterocycles. The highest BCUT2D eigenvalue weighted by atomic mass is 32.1. The topological polar surface area (TPSA) is 58.6 Å². The van der Waals surface area contributed by atoms with Crippen molar-refractivity contribution in [1.29, 1.82) is 0 Å². The third-order valence-corrected chi connectivity index (χ3v) is 6.23. The molecule has 0 aliphatic carbocycles. The van der Waals surface area contributed by atoms with Crippen molar-refractivity contribution in [1.82, 2.24) is 14.3 Å². The van der Waals surface area contributed by atoms with E-state index < -0.39 is 0 Å². The molecular weight excluding hydrogens is 384 g/mol. The number of piperazine rings is 1. The maximum absolute atomic E-state index is 12.5. The van der Waals surface area contributed by atoms with Gasteiger partial charge in [-0.25, -0.2) is 4.98 Å². The molecule has 1 atom stereocenters. The first-order valence-electron chi connectivity index (χ1n) is 10.6. The second-order valence-electron chi connectivity index (χ2n) is 7.71. The summed E-state index contributed by atoms with van der Waals surface area (Å²) in [6, 6.07) is 8.22. The van der Waals surface area contributed by atoms with E-state index in [1.807, 2.05) is 23.1 Å². The Morgan fingerprint density at radius 3 is 2.90 bits per heavy atom. The largest absolute Gasteiger partial charge is 0.497 e. The van der Waals surface area contributed by atoms with Crippen LogP contribution in [-0.4, -0.2) is 53.0 Å². The Morgan fingerprint density at radius 1 is 1.28 bits per heavy atom. The standard InChI is InChI=1S/C22H32N4O2S/c1-4-5-6-7-11-21(27)26-13-12-25(16-17(26)2)22-23-20(24-29-22)15-18-9-8-10-19(14-18)28-3/h8-10,14,17H,4-7,11-13,15-16H2,1-3H3/t17-/m0/s1. The summed E-state index contributed by atoms with van der Waals surface area (Å²) in [4.78, 5) is 21.6. The lowest BCUT2D eigenvalue weighted by atomic mass is 10.1. The van der Waals surface area contributed by atoms with Gasteiger partial charge in [-0.05, 0) is 31.0 Å². The van der Waals surface area contributed by atoms with Crippen LogP contribution < -0.4 is 9.64 Å². The molecule has 6 nitrogen and oxygen atoms in total. The van der Waals surface area contributed by atoms with Gasteiger partial charge < -0.3 is 14.5 Å². The van der Waals surface area contributed by atoms with Crippen molar-refractivity contribution in [3.8, 4) is 5.75 Å². The van der Waals surface area contributed by atoms with Gasteiger partial charge in [0, 0.05) is 50.1 Å². The summed E-state index contributed by atoms with van der Waals surface area (Å²) in [5, 5.41) is 0.949. The van der Waals surface area contributed by atoms with Gasteiger partial charge in [0.25, 0.3) is 0 Å². The molecule has 2 heterocycles. The van der Waals surface area contributed by atoms with Crippen molar-refractivity contribution in [2.75, 3.05) is 31.6 Å². The number of rotatable bonds is 9. The second kappa shape index (κ2) is 10.6. The van der Waals surface area contributed by atoms with Crippen LogP contribution in [-0.2, 0) is 11.2 Å². The Balaban J connectivity index is 1.53. The van der Waals surface area contributed by atoms with Gasteiger partial charge in [-0.1, -0.05) is 38.3 Å². The maximum atomic E-state index is 12.5. The zero-order valence-corrected chi connectivity index (χ0v) is 18.6. The molecule has 0 saturated carbocycles. The minimum absolute atomic E-state index is 0.202. The van der Waals surface area contributed by atoms with Gasteiger partial charge >= 0.3 is 0 Å². The number of benzene rings is 1. The molecule has 158 valence electrons. The van der Waals surface area contributed by atoms with Gasteiger partial charge in [-0.2, -0.15) is 4.37 Å². The molecule has 0 bridgehead atoms. The first-order chi connectivity index (χ1) is 14.1. The van der Waals surface area contributed by atoms with Crippen LogP contribution in [0.15, 0.2) is 24.3 Å². The van der Waals surface area contributed by atoms with Crippen molar-refractivity contribution < 1.29 is 9.53 Å². The number of nitrogens with zero attached hydrogens (tertiary/aromatic N) is 4. The first-order valence-corrected chi connectivity index (χ1v) is 11.4. The van der Waals surface area contributed by atoms with Gasteiger partial charge in [0.05, 0.1) is 7.11 Å². The van der Waals surface area contributed by atoms with Crippen LogP contribution in [0.3, 0.4) is 0 Å². The summed E-state index contributed by atoms with van der Waals surface area (Å²) in [6.07, 6.45) is 5.94. The molecule has 1 aromatic carbocycles. The third kappa shape index (κ3) is 5.92. The molecule has 0 unspecified atom stereocenters. The van der Waals surface area contributed by atoms with Crippen molar-refractivity contribution in [3.05, 3.63) is 35.7 Å². The van der Waals surface area contributed by atoms with E-state index in [9.17, 15) is 4.79 Å². The molecule has 3 rings (SSSR count). The molecule has 0 spiro atoms. The van der Waals surface area contributed by atoms with E-state index in [2.05, 4.69) is 29.2 Å². The zero-order chi connectivity index (χ0) is 20.6. The summed E-state index contributed by atoms with van der Waals surface area (Å²) in [5.74, 6) is 1.98. The van der Waals surface area contributed by atoms with Crippen LogP contribution in [0.1, 0.15) is 57.3 Å². The molecule has 1 aliphatic rings. The van der Waals surface area contributed by atoms with Crippen molar-refractivity contribution in [3.63, 3.8) is 0 Å².